The minimum Gasteiger partial charge on any atom is -0.366 e. The molecule has 0 atom stereocenters. The van der Waals surface area contributed by atoms with Crippen molar-refractivity contribution in [2.75, 3.05) is 32.7 Å². The van der Waals surface area contributed by atoms with Crippen LogP contribution in [0, 0.1) is 12.7 Å². The summed E-state index contributed by atoms with van der Waals surface area (Å²) in [5.74, 6) is -1.18. The second kappa shape index (κ2) is 9.68. The van der Waals surface area contributed by atoms with Crippen molar-refractivity contribution in [1.29, 1.82) is 0 Å². The smallest absolute Gasteiger partial charge is 0.264 e. The lowest BCUT2D eigenvalue weighted by Gasteiger charge is -2.34. The van der Waals surface area contributed by atoms with Gasteiger partial charge in [0.25, 0.3) is 11.8 Å². The summed E-state index contributed by atoms with van der Waals surface area (Å²) >= 11 is 1.42. The number of primary amides is 1. The molecular formula is C24H25FN4O3S. The van der Waals surface area contributed by atoms with Gasteiger partial charge in [-0.3, -0.25) is 19.3 Å². The van der Waals surface area contributed by atoms with Crippen LogP contribution in [0.5, 0.6) is 0 Å². The summed E-state index contributed by atoms with van der Waals surface area (Å²) in [6.07, 6.45) is 0. The first-order valence-corrected chi connectivity index (χ1v) is 11.5. The number of benzene rings is 1. The molecule has 1 aliphatic heterocycles. The van der Waals surface area contributed by atoms with E-state index in [1.807, 2.05) is 22.4 Å². The number of carbonyl (C=O) groups excluding carboxylic acids is 3. The van der Waals surface area contributed by atoms with Gasteiger partial charge in [0, 0.05) is 37.4 Å². The highest BCUT2D eigenvalue weighted by Crippen LogP contribution is 2.20. The van der Waals surface area contributed by atoms with Gasteiger partial charge in [0.05, 0.1) is 29.2 Å². The van der Waals surface area contributed by atoms with Crippen molar-refractivity contribution in [2.24, 2.45) is 5.73 Å². The molecule has 1 fully saturated rings. The molecule has 1 saturated heterocycles. The number of halogens is 1. The van der Waals surface area contributed by atoms with Crippen molar-refractivity contribution >= 4 is 28.9 Å². The fourth-order valence-corrected chi connectivity index (χ4v) is 4.77. The van der Waals surface area contributed by atoms with Crippen LogP contribution in [0.25, 0.3) is 0 Å². The van der Waals surface area contributed by atoms with Gasteiger partial charge < -0.3 is 15.2 Å². The molecule has 4 rings (SSSR count). The Morgan fingerprint density at radius 1 is 1.06 bits per heavy atom. The molecule has 3 heterocycles. The first-order valence-electron chi connectivity index (χ1n) is 10.7. The van der Waals surface area contributed by atoms with Gasteiger partial charge >= 0.3 is 0 Å². The zero-order valence-corrected chi connectivity index (χ0v) is 19.1. The summed E-state index contributed by atoms with van der Waals surface area (Å²) < 4.78 is 15.9. The molecule has 2 N–H and O–H groups in total. The van der Waals surface area contributed by atoms with Crippen LogP contribution in [-0.4, -0.2) is 64.7 Å². The SMILES string of the molecule is Cc1c(C(N)=O)cc(C(=O)CN2CCN(C(=O)c3cccs3)CC2)n1Cc1ccccc1F. The molecule has 172 valence electrons. The third-order valence-electron chi connectivity index (χ3n) is 5.96. The van der Waals surface area contributed by atoms with E-state index < -0.39 is 5.91 Å². The molecular weight excluding hydrogens is 443 g/mol. The van der Waals surface area contributed by atoms with Crippen LogP contribution in [0.15, 0.2) is 47.8 Å². The van der Waals surface area contributed by atoms with E-state index in [9.17, 15) is 18.8 Å². The van der Waals surface area contributed by atoms with Gasteiger partial charge in [-0.05, 0) is 30.5 Å². The number of hydrogen-bond acceptors (Lipinski definition) is 5. The molecule has 1 aliphatic rings. The molecule has 2 amide bonds. The van der Waals surface area contributed by atoms with Crippen LogP contribution in [0.1, 0.15) is 41.8 Å². The molecule has 2 aromatic heterocycles. The number of nitrogens with two attached hydrogens (primary N) is 1. The first-order chi connectivity index (χ1) is 15.8. The Labute approximate surface area is 195 Å². The lowest BCUT2D eigenvalue weighted by molar-refractivity contribution is 0.0627. The van der Waals surface area contributed by atoms with Crippen molar-refractivity contribution in [3.63, 3.8) is 0 Å². The fourth-order valence-electron chi connectivity index (χ4n) is 4.08. The molecule has 0 aliphatic carbocycles. The van der Waals surface area contributed by atoms with E-state index in [0.717, 1.165) is 0 Å². The van der Waals surface area contributed by atoms with E-state index >= 15 is 0 Å². The molecule has 7 nitrogen and oxygen atoms in total. The lowest BCUT2D eigenvalue weighted by atomic mass is 10.2. The monoisotopic (exact) mass is 468 g/mol. The van der Waals surface area contributed by atoms with E-state index in [0.29, 0.717) is 48.0 Å². The number of hydrogen-bond donors (Lipinski definition) is 1. The van der Waals surface area contributed by atoms with Crippen molar-refractivity contribution in [2.45, 2.75) is 13.5 Å². The minimum atomic E-state index is -0.630. The highest BCUT2D eigenvalue weighted by atomic mass is 32.1. The number of piperazine rings is 1. The number of carbonyl (C=O) groups is 3. The van der Waals surface area contributed by atoms with Gasteiger partial charge in [-0.1, -0.05) is 24.3 Å². The quantitative estimate of drug-likeness (QED) is 0.540. The Morgan fingerprint density at radius 3 is 2.42 bits per heavy atom. The first kappa shape index (κ1) is 22.9. The molecule has 0 saturated carbocycles. The van der Waals surface area contributed by atoms with Crippen LogP contribution in [0.4, 0.5) is 4.39 Å². The highest BCUT2D eigenvalue weighted by Gasteiger charge is 2.26. The highest BCUT2D eigenvalue weighted by molar-refractivity contribution is 7.12. The zero-order valence-electron chi connectivity index (χ0n) is 18.3. The van der Waals surface area contributed by atoms with Crippen LogP contribution in [-0.2, 0) is 6.54 Å². The maximum Gasteiger partial charge on any atom is 0.264 e. The third kappa shape index (κ3) is 4.89. The lowest BCUT2D eigenvalue weighted by Crippen LogP contribution is -2.49. The third-order valence-corrected chi connectivity index (χ3v) is 6.82. The van der Waals surface area contributed by atoms with Crippen molar-refractivity contribution in [3.8, 4) is 0 Å². The number of Topliss-reactive ketones (excluding diaryl/α,β-unsaturated/α-hetero) is 1. The van der Waals surface area contributed by atoms with Gasteiger partial charge in [0.15, 0.2) is 5.78 Å². The molecule has 33 heavy (non-hydrogen) atoms. The van der Waals surface area contributed by atoms with Crippen molar-refractivity contribution in [1.82, 2.24) is 14.4 Å². The second-order valence-corrected chi connectivity index (χ2v) is 8.99. The number of amides is 2. The maximum atomic E-state index is 14.3. The molecule has 1 aromatic carbocycles. The Bertz CT molecular complexity index is 1180. The number of nitrogens with zero attached hydrogens (tertiary/aromatic N) is 3. The number of ketones is 1. The van der Waals surface area contributed by atoms with E-state index in [4.69, 9.17) is 5.73 Å². The number of thiophene rings is 1. The predicted octanol–water partition coefficient (Wildman–Crippen LogP) is 2.79. The molecule has 9 heteroatoms. The molecule has 0 bridgehead atoms. The standard InChI is InChI=1S/C24H25FN4O3S/c1-16-18(23(26)31)13-20(29(16)14-17-5-2-3-6-19(17)25)21(30)15-27-8-10-28(11-9-27)24(32)22-7-4-12-33-22/h2-7,12-13H,8-11,14-15H2,1H3,(H2,26,31). The minimum absolute atomic E-state index is 0.0106. The molecule has 3 aromatic rings. The summed E-state index contributed by atoms with van der Waals surface area (Å²) in [4.78, 5) is 42.1. The predicted molar refractivity (Wildman–Crippen MR) is 124 cm³/mol. The molecule has 0 radical (unpaired) electrons. The summed E-state index contributed by atoms with van der Waals surface area (Å²) in [5.41, 5.74) is 7.02. The Morgan fingerprint density at radius 2 is 1.79 bits per heavy atom. The summed E-state index contributed by atoms with van der Waals surface area (Å²) in [5, 5.41) is 1.88. The summed E-state index contributed by atoms with van der Waals surface area (Å²) in [7, 11) is 0. The van der Waals surface area contributed by atoms with Gasteiger partial charge in [-0.15, -0.1) is 11.3 Å². The average molecular weight is 469 g/mol. The average Bonchev–Trinajstić information content (AvgIpc) is 3.44. The molecule has 0 spiro atoms. The van der Waals surface area contributed by atoms with Gasteiger partial charge in [0.1, 0.15) is 5.82 Å². The van der Waals surface area contributed by atoms with Crippen LogP contribution in [0.2, 0.25) is 0 Å². The van der Waals surface area contributed by atoms with Crippen molar-refractivity contribution < 1.29 is 18.8 Å². The van der Waals surface area contributed by atoms with Gasteiger partial charge in [-0.25, -0.2) is 4.39 Å². The number of rotatable bonds is 7. The van der Waals surface area contributed by atoms with Gasteiger partial charge in [-0.2, -0.15) is 0 Å². The normalized spacial score (nSPS) is 14.4. The number of aromatic nitrogens is 1. The zero-order chi connectivity index (χ0) is 23.5. The largest absolute Gasteiger partial charge is 0.366 e. The van der Waals surface area contributed by atoms with E-state index in [-0.39, 0.29) is 36.2 Å². The van der Waals surface area contributed by atoms with Gasteiger partial charge in [0.2, 0.25) is 0 Å². The Balaban J connectivity index is 1.48. The van der Waals surface area contributed by atoms with E-state index in [1.165, 1.54) is 23.5 Å². The van der Waals surface area contributed by atoms with E-state index in [2.05, 4.69) is 0 Å². The summed E-state index contributed by atoms with van der Waals surface area (Å²) in [6.45, 7) is 4.16. The Kier molecular flexibility index (Phi) is 6.71. The topological polar surface area (TPSA) is 88.6 Å². The van der Waals surface area contributed by atoms with Crippen LogP contribution >= 0.6 is 11.3 Å². The maximum absolute atomic E-state index is 14.3. The van der Waals surface area contributed by atoms with Crippen LogP contribution in [0.3, 0.4) is 0 Å². The van der Waals surface area contributed by atoms with Crippen molar-refractivity contribution in [3.05, 3.63) is 81.1 Å². The summed E-state index contributed by atoms with van der Waals surface area (Å²) in [6, 6.07) is 11.5. The molecule has 0 unspecified atom stereocenters. The second-order valence-electron chi connectivity index (χ2n) is 8.04. The van der Waals surface area contributed by atoms with Crippen LogP contribution < -0.4 is 5.73 Å². The fraction of sp³-hybridized carbons (Fsp3) is 0.292. The Hall–Kier alpha value is -3.30. The van der Waals surface area contributed by atoms with E-state index in [1.54, 1.807) is 34.6 Å².